The molecule has 24 heavy (non-hydrogen) atoms. The van der Waals surface area contributed by atoms with Gasteiger partial charge in [-0.2, -0.15) is 0 Å². The van der Waals surface area contributed by atoms with Gasteiger partial charge in [0.1, 0.15) is 5.69 Å². The van der Waals surface area contributed by atoms with E-state index in [1.807, 2.05) is 0 Å². The highest BCUT2D eigenvalue weighted by atomic mass is 35.5. The summed E-state index contributed by atoms with van der Waals surface area (Å²) in [7, 11) is -1.88. The molecule has 0 spiro atoms. The number of halogens is 2. The Bertz CT molecular complexity index is 900. The van der Waals surface area contributed by atoms with Gasteiger partial charge in [-0.05, 0) is 23.8 Å². The summed E-state index contributed by atoms with van der Waals surface area (Å²) in [5.41, 5.74) is 0.690. The number of hydrogen-bond donors (Lipinski definition) is 0. The summed E-state index contributed by atoms with van der Waals surface area (Å²) in [6.45, 7) is 0.276. The first kappa shape index (κ1) is 18.5. The predicted molar refractivity (Wildman–Crippen MR) is 94.8 cm³/mol. The van der Waals surface area contributed by atoms with Crippen molar-refractivity contribution in [2.24, 2.45) is 0 Å². The topological polar surface area (TPSA) is 80.5 Å². The summed E-state index contributed by atoms with van der Waals surface area (Å²) < 4.78 is 23.2. The molecule has 0 aliphatic rings. The number of sulfone groups is 1. The second-order valence-corrected chi connectivity index (χ2v) is 8.05. The maximum Gasteiger partial charge on any atom is 0.293 e. The third-order valence-corrected chi connectivity index (χ3v) is 5.39. The fraction of sp³-hybridized carbons (Fsp3) is 0.200. The Hall–Kier alpha value is -1.83. The maximum absolute atomic E-state index is 11.6. The first-order valence-electron chi connectivity index (χ1n) is 6.74. The molecule has 0 radical (unpaired) electrons. The molecule has 0 bridgehead atoms. The van der Waals surface area contributed by atoms with Crippen LogP contribution >= 0.6 is 23.2 Å². The Morgan fingerprint density at radius 1 is 1.21 bits per heavy atom. The van der Waals surface area contributed by atoms with Crippen molar-refractivity contribution in [3.63, 3.8) is 0 Å². The lowest BCUT2D eigenvalue weighted by Gasteiger charge is -2.20. The van der Waals surface area contributed by atoms with E-state index in [0.717, 1.165) is 12.3 Å². The standard InChI is InChI=1S/C15H14Cl2N2O4S/c1-18(9-10-4-3-5-12(16)15(10)17)13-7-6-11(24(2,22)23)8-14(13)19(20)21/h3-8H,9H2,1-2H3. The molecular weight excluding hydrogens is 375 g/mol. The van der Waals surface area contributed by atoms with E-state index in [0.29, 0.717) is 15.6 Å². The molecule has 2 aromatic rings. The third kappa shape index (κ3) is 3.98. The highest BCUT2D eigenvalue weighted by Crippen LogP contribution is 2.33. The van der Waals surface area contributed by atoms with Gasteiger partial charge in [0.25, 0.3) is 5.69 Å². The number of benzene rings is 2. The van der Waals surface area contributed by atoms with Crippen LogP contribution in [0, 0.1) is 10.1 Å². The highest BCUT2D eigenvalue weighted by molar-refractivity contribution is 7.90. The maximum atomic E-state index is 11.6. The zero-order valence-electron chi connectivity index (χ0n) is 12.9. The lowest BCUT2D eigenvalue weighted by Crippen LogP contribution is -2.18. The van der Waals surface area contributed by atoms with Gasteiger partial charge in [-0.1, -0.05) is 35.3 Å². The van der Waals surface area contributed by atoms with Gasteiger partial charge in [0.2, 0.25) is 0 Å². The van der Waals surface area contributed by atoms with Gasteiger partial charge < -0.3 is 4.90 Å². The lowest BCUT2D eigenvalue weighted by atomic mass is 10.2. The van der Waals surface area contributed by atoms with Gasteiger partial charge in [-0.3, -0.25) is 10.1 Å². The van der Waals surface area contributed by atoms with Crippen molar-refractivity contribution in [1.29, 1.82) is 0 Å². The summed E-state index contributed by atoms with van der Waals surface area (Å²) in [5.74, 6) is 0. The number of hydrogen-bond acceptors (Lipinski definition) is 5. The fourth-order valence-corrected chi connectivity index (χ4v) is 3.23. The van der Waals surface area contributed by atoms with Crippen molar-refractivity contribution in [1.82, 2.24) is 0 Å². The molecule has 0 aromatic heterocycles. The minimum Gasteiger partial charge on any atom is -0.365 e. The number of nitro groups is 1. The first-order chi connectivity index (χ1) is 11.1. The quantitative estimate of drug-likeness (QED) is 0.572. The Morgan fingerprint density at radius 3 is 2.46 bits per heavy atom. The summed E-state index contributed by atoms with van der Waals surface area (Å²) in [4.78, 5) is 12.2. The summed E-state index contributed by atoms with van der Waals surface area (Å²) in [5, 5.41) is 12.1. The van der Waals surface area contributed by atoms with Crippen LogP contribution < -0.4 is 4.90 Å². The Kier molecular flexibility index (Phi) is 5.37. The van der Waals surface area contributed by atoms with Crippen molar-refractivity contribution in [2.75, 3.05) is 18.2 Å². The summed E-state index contributed by atoms with van der Waals surface area (Å²) >= 11 is 12.1. The number of rotatable bonds is 5. The summed E-state index contributed by atoms with van der Waals surface area (Å²) in [6.07, 6.45) is 1.00. The minimum absolute atomic E-state index is 0.105. The second-order valence-electron chi connectivity index (χ2n) is 5.25. The van der Waals surface area contributed by atoms with E-state index >= 15 is 0 Å². The third-order valence-electron chi connectivity index (χ3n) is 3.42. The van der Waals surface area contributed by atoms with Crippen LogP contribution in [0.25, 0.3) is 0 Å². The van der Waals surface area contributed by atoms with Gasteiger partial charge in [-0.15, -0.1) is 0 Å². The van der Waals surface area contributed by atoms with E-state index in [4.69, 9.17) is 23.2 Å². The van der Waals surface area contributed by atoms with Gasteiger partial charge in [-0.25, -0.2) is 8.42 Å². The molecule has 6 nitrogen and oxygen atoms in total. The molecule has 0 unspecified atom stereocenters. The second kappa shape index (κ2) is 6.96. The van der Waals surface area contributed by atoms with Crippen LogP contribution in [0.2, 0.25) is 10.0 Å². The van der Waals surface area contributed by atoms with Gasteiger partial charge in [0.15, 0.2) is 9.84 Å². The Labute approximate surface area is 149 Å². The average Bonchev–Trinajstić information content (AvgIpc) is 2.50. The van der Waals surface area contributed by atoms with E-state index in [9.17, 15) is 18.5 Å². The van der Waals surface area contributed by atoms with Crippen LogP contribution in [0.3, 0.4) is 0 Å². The Morgan fingerprint density at radius 2 is 1.88 bits per heavy atom. The number of nitrogens with zero attached hydrogens (tertiary/aromatic N) is 2. The van der Waals surface area contributed by atoms with Crippen molar-refractivity contribution >= 4 is 44.4 Å². The molecule has 0 aliphatic carbocycles. The molecule has 0 heterocycles. The molecule has 0 atom stereocenters. The molecule has 2 aromatic carbocycles. The molecule has 0 aliphatic heterocycles. The average molecular weight is 389 g/mol. The normalized spacial score (nSPS) is 11.3. The molecule has 0 saturated heterocycles. The predicted octanol–water partition coefficient (Wildman–Crippen LogP) is 3.94. The fourth-order valence-electron chi connectivity index (χ4n) is 2.21. The van der Waals surface area contributed by atoms with Crippen LogP contribution in [0.15, 0.2) is 41.3 Å². The van der Waals surface area contributed by atoms with E-state index in [1.165, 1.54) is 12.1 Å². The van der Waals surface area contributed by atoms with E-state index < -0.39 is 14.8 Å². The molecule has 9 heteroatoms. The van der Waals surface area contributed by atoms with E-state index in [1.54, 1.807) is 30.1 Å². The van der Waals surface area contributed by atoms with Crippen LogP contribution in [-0.2, 0) is 16.4 Å². The van der Waals surface area contributed by atoms with Crippen LogP contribution in [0.4, 0.5) is 11.4 Å². The molecule has 128 valence electrons. The summed E-state index contributed by atoms with van der Waals surface area (Å²) in [6, 6.07) is 8.96. The SMILES string of the molecule is CN(Cc1cccc(Cl)c1Cl)c1ccc(S(C)(=O)=O)cc1[N+](=O)[O-]. The van der Waals surface area contributed by atoms with Crippen molar-refractivity contribution < 1.29 is 13.3 Å². The van der Waals surface area contributed by atoms with Gasteiger partial charge in [0.05, 0.1) is 19.9 Å². The van der Waals surface area contributed by atoms with Crippen molar-refractivity contribution in [2.45, 2.75) is 11.4 Å². The van der Waals surface area contributed by atoms with Crippen molar-refractivity contribution in [3.05, 3.63) is 62.1 Å². The van der Waals surface area contributed by atoms with Crippen LogP contribution in [0.1, 0.15) is 5.56 Å². The minimum atomic E-state index is -3.53. The smallest absolute Gasteiger partial charge is 0.293 e. The van der Waals surface area contributed by atoms with Gasteiger partial charge in [0, 0.05) is 25.9 Å². The van der Waals surface area contributed by atoms with E-state index in [-0.39, 0.29) is 22.8 Å². The molecule has 0 N–H and O–H groups in total. The molecular formula is C15H14Cl2N2O4S. The zero-order chi connectivity index (χ0) is 18.1. The molecule has 0 fully saturated rings. The highest BCUT2D eigenvalue weighted by Gasteiger charge is 2.21. The number of anilines is 1. The largest absolute Gasteiger partial charge is 0.365 e. The Balaban J connectivity index is 2.44. The molecule has 0 amide bonds. The van der Waals surface area contributed by atoms with Crippen molar-refractivity contribution in [3.8, 4) is 0 Å². The molecule has 2 rings (SSSR count). The monoisotopic (exact) mass is 388 g/mol. The molecule has 0 saturated carbocycles. The van der Waals surface area contributed by atoms with Crippen LogP contribution in [0.5, 0.6) is 0 Å². The lowest BCUT2D eigenvalue weighted by molar-refractivity contribution is -0.384. The van der Waals surface area contributed by atoms with Gasteiger partial charge >= 0.3 is 0 Å². The number of nitro benzene ring substituents is 1. The zero-order valence-corrected chi connectivity index (χ0v) is 15.2. The first-order valence-corrected chi connectivity index (χ1v) is 9.38. The van der Waals surface area contributed by atoms with Crippen LogP contribution in [-0.4, -0.2) is 26.6 Å². The van der Waals surface area contributed by atoms with E-state index in [2.05, 4.69) is 0 Å².